The Balaban J connectivity index is 2.61. The fourth-order valence-corrected chi connectivity index (χ4v) is 5.94. The fourth-order valence-electron chi connectivity index (χ4n) is 5.81. The van der Waals surface area contributed by atoms with Gasteiger partial charge in [-0.2, -0.15) is 0 Å². The van der Waals surface area contributed by atoms with Crippen molar-refractivity contribution in [2.75, 3.05) is 33.1 Å². The fraction of sp³-hybridized carbons (Fsp3) is 0.806. The number of halogens is 1. The van der Waals surface area contributed by atoms with Gasteiger partial charge in [0.2, 0.25) is 23.6 Å². The molecule has 2 fully saturated rings. The lowest BCUT2D eigenvalue weighted by molar-refractivity contribution is -0.163. The van der Waals surface area contributed by atoms with Crippen LogP contribution in [0.5, 0.6) is 0 Å². The molecule has 45 heavy (non-hydrogen) atoms. The first-order valence-corrected chi connectivity index (χ1v) is 16.5. The second-order valence-corrected chi connectivity index (χ2v) is 12.9. The summed E-state index contributed by atoms with van der Waals surface area (Å²) < 4.78 is 5.48. The van der Waals surface area contributed by atoms with Gasteiger partial charge in [-0.05, 0) is 31.1 Å². The molecule has 2 saturated heterocycles. The maximum Gasteiger partial charge on any atom is 0.308 e. The van der Waals surface area contributed by atoms with Gasteiger partial charge in [0, 0.05) is 39.5 Å². The van der Waals surface area contributed by atoms with E-state index >= 15 is 0 Å². The van der Waals surface area contributed by atoms with Gasteiger partial charge in [0.25, 0.3) is 5.91 Å². The van der Waals surface area contributed by atoms with E-state index in [2.05, 4.69) is 10.6 Å². The Morgan fingerprint density at radius 1 is 0.933 bits per heavy atom. The van der Waals surface area contributed by atoms with Crippen molar-refractivity contribution in [2.45, 2.75) is 110 Å². The van der Waals surface area contributed by atoms with Gasteiger partial charge in [-0.3, -0.25) is 28.8 Å². The summed E-state index contributed by atoms with van der Waals surface area (Å²) in [5, 5.41) is 15.8. The summed E-state index contributed by atoms with van der Waals surface area (Å²) in [4.78, 5) is 85.4. The highest BCUT2D eigenvalue weighted by Gasteiger charge is 2.45. The standard InChI is InChI=1S/C31H52ClN5O8/c1-9-17(3)24-30(43)36(8)26(18(4)10-2)31(44)35(7)20(6)27(40)33-13-11-23(39)45-22(15-21(38)16-32)29(42)37-14-12-19(5)25(37)28(41)34-24/h17-22,24-26,38H,9-16H2,1-8H3,(H,33,40)(H,34,41). The van der Waals surface area contributed by atoms with E-state index in [1.807, 2.05) is 34.6 Å². The molecule has 256 valence electrons. The van der Waals surface area contributed by atoms with E-state index in [-0.39, 0.29) is 49.6 Å². The Morgan fingerprint density at radius 2 is 1.56 bits per heavy atom. The molecular formula is C31H52ClN5O8. The number of nitrogens with zero attached hydrogens (tertiary/aromatic N) is 3. The topological polar surface area (TPSA) is 166 Å². The summed E-state index contributed by atoms with van der Waals surface area (Å²) in [5.41, 5.74) is 0. The smallest absolute Gasteiger partial charge is 0.308 e. The number of hydrogen-bond donors (Lipinski definition) is 3. The van der Waals surface area contributed by atoms with Crippen LogP contribution in [0.2, 0.25) is 0 Å². The van der Waals surface area contributed by atoms with E-state index in [1.54, 1.807) is 6.92 Å². The summed E-state index contributed by atoms with van der Waals surface area (Å²) in [6.07, 6.45) is -1.52. The van der Waals surface area contributed by atoms with Gasteiger partial charge < -0.3 is 35.2 Å². The number of esters is 1. The van der Waals surface area contributed by atoms with Crippen molar-refractivity contribution in [3.05, 3.63) is 0 Å². The number of fused-ring (bicyclic) bond motifs is 1. The SMILES string of the molecule is CCC(C)C1NC(=O)C2C(C)CCN2C(=O)C(CC(O)CCl)OC(=O)CCNC(=O)C(C)N(C)C(=O)C(C(C)CC)N(C)C1=O. The number of cyclic esters (lactones) is 1. The highest BCUT2D eigenvalue weighted by molar-refractivity contribution is 6.18. The molecular weight excluding hydrogens is 606 g/mol. The minimum atomic E-state index is -1.42. The zero-order chi connectivity index (χ0) is 34.2. The molecule has 0 saturated carbocycles. The highest BCUT2D eigenvalue weighted by atomic mass is 35.5. The monoisotopic (exact) mass is 657 g/mol. The maximum absolute atomic E-state index is 14.1. The Bertz CT molecular complexity index is 1090. The molecule has 2 heterocycles. The first-order chi connectivity index (χ1) is 21.1. The van der Waals surface area contributed by atoms with E-state index in [9.17, 15) is 33.9 Å². The molecule has 5 amide bonds. The summed E-state index contributed by atoms with van der Waals surface area (Å²) >= 11 is 5.79. The normalized spacial score (nSPS) is 30.4. The lowest BCUT2D eigenvalue weighted by Gasteiger charge is -2.39. The van der Waals surface area contributed by atoms with Crippen molar-refractivity contribution >= 4 is 47.1 Å². The number of alkyl halides is 1. The van der Waals surface area contributed by atoms with Crippen molar-refractivity contribution in [1.29, 1.82) is 0 Å². The average molecular weight is 658 g/mol. The molecule has 0 aromatic rings. The predicted molar refractivity (Wildman–Crippen MR) is 168 cm³/mol. The van der Waals surface area contributed by atoms with Crippen LogP contribution in [0.3, 0.4) is 0 Å². The molecule has 2 aliphatic rings. The zero-order valence-corrected chi connectivity index (χ0v) is 28.6. The Labute approximate surface area is 271 Å². The Kier molecular flexibility index (Phi) is 14.5. The molecule has 13 nitrogen and oxygen atoms in total. The molecule has 0 bridgehead atoms. The third-order valence-corrected chi connectivity index (χ3v) is 9.74. The van der Waals surface area contributed by atoms with Crippen LogP contribution in [0.1, 0.15) is 73.6 Å². The average Bonchev–Trinajstić information content (AvgIpc) is 3.41. The lowest BCUT2D eigenvalue weighted by Crippen LogP contribution is -2.61. The molecule has 0 radical (unpaired) electrons. The third kappa shape index (κ3) is 9.31. The van der Waals surface area contributed by atoms with E-state index in [4.69, 9.17) is 16.3 Å². The van der Waals surface area contributed by atoms with Crippen LogP contribution in [0.25, 0.3) is 0 Å². The first kappa shape index (κ1) is 38.3. The van der Waals surface area contributed by atoms with Gasteiger partial charge in [0.1, 0.15) is 24.2 Å². The van der Waals surface area contributed by atoms with Crippen molar-refractivity contribution in [3.63, 3.8) is 0 Å². The molecule has 0 aromatic heterocycles. The van der Waals surface area contributed by atoms with Crippen LogP contribution in [0.4, 0.5) is 0 Å². The van der Waals surface area contributed by atoms with Crippen LogP contribution >= 0.6 is 11.6 Å². The number of carbonyl (C=O) groups excluding carboxylic acids is 6. The number of carbonyl (C=O) groups is 6. The first-order valence-electron chi connectivity index (χ1n) is 16.0. The van der Waals surface area contributed by atoms with Crippen molar-refractivity contribution < 1.29 is 38.6 Å². The number of ether oxygens (including phenoxy) is 1. The molecule has 2 aliphatic heterocycles. The summed E-state index contributed by atoms with van der Waals surface area (Å²) in [7, 11) is 3.02. The molecule has 14 heteroatoms. The summed E-state index contributed by atoms with van der Waals surface area (Å²) in [6.45, 7) is 10.9. The molecule has 9 atom stereocenters. The second kappa shape index (κ2) is 17.1. The van der Waals surface area contributed by atoms with Gasteiger partial charge in [0.15, 0.2) is 6.10 Å². The molecule has 2 rings (SSSR count). The quantitative estimate of drug-likeness (QED) is 0.268. The molecule has 9 unspecified atom stereocenters. The van der Waals surface area contributed by atoms with E-state index in [0.717, 1.165) is 0 Å². The number of amides is 5. The number of hydrogen-bond acceptors (Lipinski definition) is 8. The minimum Gasteiger partial charge on any atom is -0.452 e. The second-order valence-electron chi connectivity index (χ2n) is 12.6. The molecule has 0 aromatic carbocycles. The van der Waals surface area contributed by atoms with E-state index < -0.39 is 71.9 Å². The maximum atomic E-state index is 14.1. The van der Waals surface area contributed by atoms with Crippen molar-refractivity contribution in [1.82, 2.24) is 25.3 Å². The van der Waals surface area contributed by atoms with E-state index in [1.165, 1.54) is 28.8 Å². The largest absolute Gasteiger partial charge is 0.452 e. The number of aliphatic hydroxyl groups is 1. The lowest BCUT2D eigenvalue weighted by atomic mass is 9.92. The van der Waals surface area contributed by atoms with Gasteiger partial charge in [0.05, 0.1) is 12.5 Å². The third-order valence-electron chi connectivity index (χ3n) is 9.38. The summed E-state index contributed by atoms with van der Waals surface area (Å²) in [6, 6.07) is -3.81. The van der Waals surface area contributed by atoms with Gasteiger partial charge in [-0.25, -0.2) is 0 Å². The summed E-state index contributed by atoms with van der Waals surface area (Å²) in [5.74, 6) is -4.46. The Morgan fingerprint density at radius 3 is 2.13 bits per heavy atom. The molecule has 0 aliphatic carbocycles. The van der Waals surface area contributed by atoms with Gasteiger partial charge in [-0.15, -0.1) is 11.6 Å². The molecule has 3 N–H and O–H groups in total. The van der Waals surface area contributed by atoms with Crippen LogP contribution < -0.4 is 10.6 Å². The van der Waals surface area contributed by atoms with E-state index in [0.29, 0.717) is 19.3 Å². The van der Waals surface area contributed by atoms with Crippen molar-refractivity contribution in [2.24, 2.45) is 17.8 Å². The Hall–Kier alpha value is -2.93. The van der Waals surface area contributed by atoms with Crippen LogP contribution in [0.15, 0.2) is 0 Å². The van der Waals surface area contributed by atoms with Gasteiger partial charge in [-0.1, -0.05) is 47.5 Å². The van der Waals surface area contributed by atoms with Crippen LogP contribution in [-0.4, -0.2) is 125 Å². The van der Waals surface area contributed by atoms with Crippen molar-refractivity contribution in [3.8, 4) is 0 Å². The number of aliphatic hydroxyl groups excluding tert-OH is 1. The molecule has 0 spiro atoms. The van der Waals surface area contributed by atoms with Crippen LogP contribution in [-0.2, 0) is 33.5 Å². The highest BCUT2D eigenvalue weighted by Crippen LogP contribution is 2.28. The van der Waals surface area contributed by atoms with Gasteiger partial charge >= 0.3 is 5.97 Å². The number of nitrogens with one attached hydrogen (secondary N) is 2. The zero-order valence-electron chi connectivity index (χ0n) is 27.9. The minimum absolute atomic E-state index is 0.126. The predicted octanol–water partition coefficient (Wildman–Crippen LogP) is 0.896. The van der Waals surface area contributed by atoms with Crippen LogP contribution in [0, 0.1) is 17.8 Å². The number of likely N-dealkylation sites (N-methyl/N-ethyl adjacent to an activating group) is 2. The number of rotatable bonds is 7.